The molecule has 2 aliphatic heterocycles. The molecule has 4 rings (SSSR count). The Morgan fingerprint density at radius 2 is 1.60 bits per heavy atom. The molecule has 2 aromatic carbocycles. The fourth-order valence-electron chi connectivity index (χ4n) is 4.79. The van der Waals surface area contributed by atoms with Crippen LogP contribution in [0, 0.1) is 0 Å². The maximum Gasteiger partial charge on any atom is 0.275 e. The summed E-state index contributed by atoms with van der Waals surface area (Å²) in [5.74, 6) is 1.88. The molecule has 0 saturated heterocycles. The van der Waals surface area contributed by atoms with E-state index in [2.05, 4.69) is 28.6 Å². The molecule has 188 valence electrons. The Kier molecular flexibility index (Phi) is 8.13. The van der Waals surface area contributed by atoms with E-state index >= 15 is 0 Å². The number of ether oxygens (including phenoxy) is 1. The van der Waals surface area contributed by atoms with Crippen LogP contribution in [0.5, 0.6) is 11.5 Å². The van der Waals surface area contributed by atoms with Gasteiger partial charge in [-0.15, -0.1) is 0 Å². The molecule has 0 spiro atoms. The average Bonchev–Trinajstić information content (AvgIpc) is 2.85. The van der Waals surface area contributed by atoms with Crippen LogP contribution in [0.15, 0.2) is 65.8 Å². The summed E-state index contributed by atoms with van der Waals surface area (Å²) in [6.45, 7) is 5.36. The Hall–Kier alpha value is -2.84. The first-order chi connectivity index (χ1) is 16.9. The van der Waals surface area contributed by atoms with Gasteiger partial charge >= 0.3 is 0 Å². The SMILES string of the molecule is CCCCC1C=CN=C(C(CCN2c3ccccc3Oc3ccccc32)S(=O)(=O)O)N1CCCC. The maximum atomic E-state index is 12.7. The second-order valence-electron chi connectivity index (χ2n) is 9.07. The lowest BCUT2D eigenvalue weighted by Crippen LogP contribution is -2.50. The minimum atomic E-state index is -4.39. The van der Waals surface area contributed by atoms with Crippen LogP contribution in [-0.2, 0) is 10.1 Å². The summed E-state index contributed by atoms with van der Waals surface area (Å²) in [6, 6.07) is 15.5. The highest BCUT2D eigenvalue weighted by Gasteiger charge is 2.36. The van der Waals surface area contributed by atoms with Gasteiger partial charge in [0.1, 0.15) is 11.1 Å². The number of unbranched alkanes of at least 4 members (excludes halogenated alkanes) is 2. The average molecular weight is 498 g/mol. The normalized spacial score (nSPS) is 17.9. The van der Waals surface area contributed by atoms with E-state index in [-0.39, 0.29) is 12.5 Å². The van der Waals surface area contributed by atoms with Crippen molar-refractivity contribution in [3.8, 4) is 11.5 Å². The van der Waals surface area contributed by atoms with Gasteiger partial charge in [0.05, 0.1) is 17.4 Å². The molecule has 0 radical (unpaired) electrons. The van der Waals surface area contributed by atoms with Crippen LogP contribution in [0.1, 0.15) is 52.4 Å². The molecule has 1 N–H and O–H groups in total. The fourth-order valence-corrected chi connectivity index (χ4v) is 5.65. The molecule has 0 bridgehead atoms. The minimum absolute atomic E-state index is 0.0862. The number of nitrogens with zero attached hydrogens (tertiary/aromatic N) is 3. The Labute approximate surface area is 208 Å². The lowest BCUT2D eigenvalue weighted by atomic mass is 10.0. The molecule has 2 atom stereocenters. The maximum absolute atomic E-state index is 12.7. The van der Waals surface area contributed by atoms with Gasteiger partial charge in [0.25, 0.3) is 10.1 Å². The largest absolute Gasteiger partial charge is 0.453 e. The standard InChI is InChI=1S/C27H35N3O4S/c1-3-5-11-21-16-18-28-27(29(21)19-6-4-2)26(35(31,32)33)17-20-30-22-12-7-9-14-24(22)34-25-15-10-8-13-23(25)30/h7-10,12-16,18,21,26H,3-6,11,17,19-20H2,1-2H3,(H,31,32,33). The van der Waals surface area contributed by atoms with Crippen molar-refractivity contribution in [2.45, 2.75) is 63.7 Å². The van der Waals surface area contributed by atoms with Crippen LogP contribution >= 0.6 is 0 Å². The molecule has 2 aliphatic rings. The fraction of sp³-hybridized carbons (Fsp3) is 0.444. The predicted molar refractivity (Wildman–Crippen MR) is 141 cm³/mol. The van der Waals surface area contributed by atoms with E-state index in [1.807, 2.05) is 54.6 Å². The molecule has 0 aliphatic carbocycles. The summed E-state index contributed by atoms with van der Waals surface area (Å²) >= 11 is 0. The molecule has 0 aromatic heterocycles. The highest BCUT2D eigenvalue weighted by atomic mass is 32.2. The second-order valence-corrected chi connectivity index (χ2v) is 10.7. The third-order valence-electron chi connectivity index (χ3n) is 6.61. The lowest BCUT2D eigenvalue weighted by molar-refractivity contribution is 0.318. The van der Waals surface area contributed by atoms with E-state index < -0.39 is 15.4 Å². The smallest absolute Gasteiger partial charge is 0.275 e. The van der Waals surface area contributed by atoms with Crippen molar-refractivity contribution in [3.05, 3.63) is 60.8 Å². The topological polar surface area (TPSA) is 82.4 Å². The number of hydrogen-bond donors (Lipinski definition) is 1. The third-order valence-corrected chi connectivity index (χ3v) is 7.78. The highest BCUT2D eigenvalue weighted by Crippen LogP contribution is 2.46. The molecule has 7 nitrogen and oxygen atoms in total. The summed E-state index contributed by atoms with van der Waals surface area (Å²) in [4.78, 5) is 8.68. The number of aliphatic imine (C=N–C) groups is 1. The molecule has 2 unspecified atom stereocenters. The van der Waals surface area contributed by atoms with Gasteiger partial charge < -0.3 is 14.5 Å². The molecule has 2 heterocycles. The van der Waals surface area contributed by atoms with Crippen LogP contribution in [-0.4, -0.2) is 48.1 Å². The summed E-state index contributed by atoms with van der Waals surface area (Å²) in [6.07, 6.45) is 8.90. The van der Waals surface area contributed by atoms with E-state index in [4.69, 9.17) is 4.74 Å². The molecule has 0 saturated carbocycles. The first-order valence-corrected chi connectivity index (χ1v) is 14.0. The van der Waals surface area contributed by atoms with Gasteiger partial charge in [0.2, 0.25) is 0 Å². The van der Waals surface area contributed by atoms with Crippen molar-refractivity contribution in [1.29, 1.82) is 0 Å². The molecular formula is C27H35N3O4S. The minimum Gasteiger partial charge on any atom is -0.453 e. The van der Waals surface area contributed by atoms with Crippen LogP contribution < -0.4 is 9.64 Å². The van der Waals surface area contributed by atoms with E-state index in [9.17, 15) is 13.0 Å². The van der Waals surface area contributed by atoms with Gasteiger partial charge in [-0.05, 0) is 49.6 Å². The number of hydrogen-bond acceptors (Lipinski definition) is 6. The predicted octanol–water partition coefficient (Wildman–Crippen LogP) is 6.16. The van der Waals surface area contributed by atoms with Gasteiger partial charge in [0, 0.05) is 19.3 Å². The van der Waals surface area contributed by atoms with Crippen molar-refractivity contribution in [2.24, 2.45) is 4.99 Å². The second kappa shape index (κ2) is 11.3. The van der Waals surface area contributed by atoms with E-state index in [1.54, 1.807) is 6.20 Å². The summed E-state index contributed by atoms with van der Waals surface area (Å²) in [5.41, 5.74) is 1.74. The summed E-state index contributed by atoms with van der Waals surface area (Å²) < 4.78 is 41.8. The van der Waals surface area contributed by atoms with Gasteiger partial charge in [-0.3, -0.25) is 4.55 Å². The van der Waals surface area contributed by atoms with E-state index in [1.165, 1.54) is 0 Å². The quantitative estimate of drug-likeness (QED) is 0.374. The number of anilines is 2. The molecule has 8 heteroatoms. The van der Waals surface area contributed by atoms with Crippen LogP contribution in [0.3, 0.4) is 0 Å². The van der Waals surface area contributed by atoms with Gasteiger partial charge in [-0.1, -0.05) is 57.4 Å². The van der Waals surface area contributed by atoms with Gasteiger partial charge in [0.15, 0.2) is 11.5 Å². The zero-order chi connectivity index (χ0) is 24.8. The van der Waals surface area contributed by atoms with E-state index in [0.29, 0.717) is 18.9 Å². The Morgan fingerprint density at radius 1 is 0.971 bits per heavy atom. The monoisotopic (exact) mass is 497 g/mol. The van der Waals surface area contributed by atoms with Crippen LogP contribution in [0.25, 0.3) is 0 Å². The van der Waals surface area contributed by atoms with Crippen LogP contribution in [0.4, 0.5) is 11.4 Å². The summed E-state index contributed by atoms with van der Waals surface area (Å²) in [5, 5.41) is -1.12. The third kappa shape index (κ3) is 5.70. The number of amidine groups is 1. The van der Waals surface area contributed by atoms with Crippen molar-refractivity contribution >= 4 is 27.3 Å². The number of benzene rings is 2. The molecule has 0 fully saturated rings. The number of para-hydroxylation sites is 4. The highest BCUT2D eigenvalue weighted by molar-refractivity contribution is 7.87. The summed E-state index contributed by atoms with van der Waals surface area (Å²) in [7, 11) is -4.39. The Bertz CT molecular complexity index is 1130. The van der Waals surface area contributed by atoms with Crippen molar-refractivity contribution in [2.75, 3.05) is 18.0 Å². The zero-order valence-corrected chi connectivity index (χ0v) is 21.3. The Balaban J connectivity index is 1.64. The van der Waals surface area contributed by atoms with Crippen LogP contribution in [0.2, 0.25) is 0 Å². The van der Waals surface area contributed by atoms with Crippen molar-refractivity contribution in [3.63, 3.8) is 0 Å². The lowest BCUT2D eigenvalue weighted by Gasteiger charge is -2.38. The first-order valence-electron chi connectivity index (χ1n) is 12.5. The van der Waals surface area contributed by atoms with Crippen molar-refractivity contribution < 1.29 is 17.7 Å². The van der Waals surface area contributed by atoms with Gasteiger partial charge in [-0.25, -0.2) is 4.99 Å². The van der Waals surface area contributed by atoms with Gasteiger partial charge in [-0.2, -0.15) is 8.42 Å². The van der Waals surface area contributed by atoms with Crippen molar-refractivity contribution in [1.82, 2.24) is 4.90 Å². The molecule has 0 amide bonds. The molecule has 35 heavy (non-hydrogen) atoms. The molecular weight excluding hydrogens is 462 g/mol. The first kappa shape index (κ1) is 25.3. The molecule has 2 aromatic rings. The Morgan fingerprint density at radius 3 is 2.20 bits per heavy atom. The zero-order valence-electron chi connectivity index (χ0n) is 20.5. The number of rotatable bonds is 11. The number of fused-ring (bicyclic) bond motifs is 2. The van der Waals surface area contributed by atoms with E-state index in [0.717, 1.165) is 55.0 Å².